The Kier molecular flexibility index (Phi) is 7.91. The van der Waals surface area contributed by atoms with Crippen LogP contribution in [0.4, 0.5) is 0 Å². The topological polar surface area (TPSA) is 39.7 Å². The quantitative estimate of drug-likeness (QED) is 0.586. The first-order valence-corrected chi connectivity index (χ1v) is 7.60. The molecule has 1 saturated carbocycles. The number of nitrogens with one attached hydrogen (secondary N) is 1. The molecular formula is C15H31NO3. The zero-order chi connectivity index (χ0) is 14.1. The van der Waals surface area contributed by atoms with Crippen molar-refractivity contribution in [3.63, 3.8) is 0 Å². The van der Waals surface area contributed by atoms with Crippen LogP contribution in [0.2, 0.25) is 0 Å². The van der Waals surface area contributed by atoms with Crippen LogP contribution in [0.5, 0.6) is 0 Å². The van der Waals surface area contributed by atoms with Crippen LogP contribution in [0.15, 0.2) is 0 Å². The van der Waals surface area contributed by atoms with Crippen LogP contribution in [0.25, 0.3) is 0 Å². The molecule has 19 heavy (non-hydrogen) atoms. The third kappa shape index (κ3) is 4.71. The minimum atomic E-state index is 0.299. The number of rotatable bonds is 11. The maximum Gasteiger partial charge on any atom is 0.0700 e. The van der Waals surface area contributed by atoms with Crippen LogP contribution in [0, 0.1) is 5.41 Å². The standard InChI is InChI=1S/C15H31NO3/c1-5-15(3)13(16-6-2)12-14(15)19-9-7-8-18-11-10-17-4/h13-14,16H,5-12H2,1-4H3. The predicted molar refractivity (Wildman–Crippen MR) is 77.5 cm³/mol. The van der Waals surface area contributed by atoms with E-state index in [9.17, 15) is 0 Å². The fourth-order valence-electron chi connectivity index (χ4n) is 2.74. The molecule has 1 fully saturated rings. The second-order valence-electron chi connectivity index (χ2n) is 5.52. The molecule has 114 valence electrons. The lowest BCUT2D eigenvalue weighted by Gasteiger charge is -2.53. The molecule has 3 atom stereocenters. The van der Waals surface area contributed by atoms with Crippen LogP contribution in [-0.2, 0) is 14.2 Å². The van der Waals surface area contributed by atoms with E-state index in [0.717, 1.165) is 32.6 Å². The van der Waals surface area contributed by atoms with Crippen LogP contribution < -0.4 is 5.32 Å². The Labute approximate surface area is 118 Å². The number of methoxy groups -OCH3 is 1. The van der Waals surface area contributed by atoms with Crippen molar-refractivity contribution in [3.05, 3.63) is 0 Å². The van der Waals surface area contributed by atoms with E-state index in [1.165, 1.54) is 6.42 Å². The van der Waals surface area contributed by atoms with E-state index in [1.54, 1.807) is 7.11 Å². The van der Waals surface area contributed by atoms with Gasteiger partial charge in [-0.25, -0.2) is 0 Å². The second-order valence-corrected chi connectivity index (χ2v) is 5.52. The Morgan fingerprint density at radius 2 is 1.95 bits per heavy atom. The molecule has 0 aromatic heterocycles. The summed E-state index contributed by atoms with van der Waals surface area (Å²) in [6.07, 6.45) is 3.68. The van der Waals surface area contributed by atoms with Gasteiger partial charge in [0.25, 0.3) is 0 Å². The highest BCUT2D eigenvalue weighted by molar-refractivity contribution is 5.04. The molecule has 4 nitrogen and oxygen atoms in total. The molecule has 1 aliphatic rings. The molecule has 0 amide bonds. The van der Waals surface area contributed by atoms with Gasteiger partial charge >= 0.3 is 0 Å². The molecule has 1 rings (SSSR count). The van der Waals surface area contributed by atoms with Crippen molar-refractivity contribution in [2.75, 3.05) is 40.1 Å². The molecule has 0 heterocycles. The second kappa shape index (κ2) is 8.90. The van der Waals surface area contributed by atoms with Gasteiger partial charge in [0.05, 0.1) is 19.3 Å². The van der Waals surface area contributed by atoms with Crippen molar-refractivity contribution in [2.24, 2.45) is 5.41 Å². The molecule has 0 spiro atoms. The first-order chi connectivity index (χ1) is 9.19. The van der Waals surface area contributed by atoms with Crippen molar-refractivity contribution < 1.29 is 14.2 Å². The summed E-state index contributed by atoms with van der Waals surface area (Å²) in [5.74, 6) is 0. The molecule has 4 heteroatoms. The molecule has 0 saturated heterocycles. The Hall–Kier alpha value is -0.160. The molecule has 0 aromatic rings. The van der Waals surface area contributed by atoms with Gasteiger partial charge in [0.1, 0.15) is 0 Å². The van der Waals surface area contributed by atoms with Gasteiger partial charge in [0.15, 0.2) is 0 Å². The summed E-state index contributed by atoms with van der Waals surface area (Å²) in [7, 11) is 1.69. The van der Waals surface area contributed by atoms with Crippen molar-refractivity contribution in [1.29, 1.82) is 0 Å². The third-order valence-corrected chi connectivity index (χ3v) is 4.38. The Morgan fingerprint density at radius 3 is 2.58 bits per heavy atom. The summed E-state index contributed by atoms with van der Waals surface area (Å²) in [6.45, 7) is 10.7. The van der Waals surface area contributed by atoms with Crippen LogP contribution in [-0.4, -0.2) is 52.2 Å². The van der Waals surface area contributed by atoms with E-state index in [4.69, 9.17) is 14.2 Å². The first-order valence-electron chi connectivity index (χ1n) is 7.60. The van der Waals surface area contributed by atoms with Gasteiger partial charge in [-0.05, 0) is 25.8 Å². The zero-order valence-corrected chi connectivity index (χ0v) is 13.0. The smallest absolute Gasteiger partial charge is 0.0700 e. The van der Waals surface area contributed by atoms with Crippen LogP contribution in [0.1, 0.15) is 40.0 Å². The summed E-state index contributed by atoms with van der Waals surface area (Å²) < 4.78 is 16.4. The molecule has 1 aliphatic carbocycles. The first kappa shape index (κ1) is 16.9. The van der Waals surface area contributed by atoms with Gasteiger partial charge in [0.2, 0.25) is 0 Å². The van der Waals surface area contributed by atoms with E-state index in [-0.39, 0.29) is 0 Å². The van der Waals surface area contributed by atoms with E-state index in [2.05, 4.69) is 26.1 Å². The zero-order valence-electron chi connectivity index (χ0n) is 13.0. The van der Waals surface area contributed by atoms with Gasteiger partial charge in [-0.2, -0.15) is 0 Å². The number of hydrogen-bond donors (Lipinski definition) is 1. The molecule has 1 N–H and O–H groups in total. The Morgan fingerprint density at radius 1 is 1.16 bits per heavy atom. The fraction of sp³-hybridized carbons (Fsp3) is 1.00. The van der Waals surface area contributed by atoms with Gasteiger partial charge in [-0.3, -0.25) is 0 Å². The molecular weight excluding hydrogens is 242 g/mol. The Bertz CT molecular complexity index is 237. The summed E-state index contributed by atoms with van der Waals surface area (Å²) in [5.41, 5.74) is 0.299. The Balaban J connectivity index is 2.10. The van der Waals surface area contributed by atoms with Crippen molar-refractivity contribution >= 4 is 0 Å². The average molecular weight is 273 g/mol. The molecule has 0 bridgehead atoms. The summed E-state index contributed by atoms with van der Waals surface area (Å²) >= 11 is 0. The maximum atomic E-state index is 6.02. The van der Waals surface area contributed by atoms with Crippen molar-refractivity contribution in [3.8, 4) is 0 Å². The van der Waals surface area contributed by atoms with Crippen LogP contribution in [0.3, 0.4) is 0 Å². The summed E-state index contributed by atoms with van der Waals surface area (Å²) in [6, 6.07) is 0.616. The molecule has 0 aliphatic heterocycles. The van der Waals surface area contributed by atoms with Crippen molar-refractivity contribution in [2.45, 2.75) is 52.2 Å². The van der Waals surface area contributed by atoms with Gasteiger partial charge in [-0.1, -0.05) is 20.8 Å². The van der Waals surface area contributed by atoms with Gasteiger partial charge in [0, 0.05) is 31.8 Å². The highest BCUT2D eigenvalue weighted by Crippen LogP contribution is 2.45. The summed E-state index contributed by atoms with van der Waals surface area (Å²) in [4.78, 5) is 0. The molecule has 3 unspecified atom stereocenters. The average Bonchev–Trinajstić information content (AvgIpc) is 2.43. The van der Waals surface area contributed by atoms with Crippen LogP contribution >= 0.6 is 0 Å². The number of ether oxygens (including phenoxy) is 3. The highest BCUT2D eigenvalue weighted by Gasteiger charge is 2.50. The lowest BCUT2D eigenvalue weighted by molar-refractivity contribution is -0.131. The maximum absolute atomic E-state index is 6.02. The third-order valence-electron chi connectivity index (χ3n) is 4.38. The van der Waals surface area contributed by atoms with Crippen molar-refractivity contribution in [1.82, 2.24) is 5.32 Å². The SMILES string of the molecule is CCNC1CC(OCCCOCCOC)C1(C)CC. The minimum Gasteiger partial charge on any atom is -0.382 e. The molecule has 0 radical (unpaired) electrons. The van der Waals surface area contributed by atoms with E-state index >= 15 is 0 Å². The monoisotopic (exact) mass is 273 g/mol. The fourth-order valence-corrected chi connectivity index (χ4v) is 2.74. The normalized spacial score (nSPS) is 30.3. The largest absolute Gasteiger partial charge is 0.382 e. The molecule has 0 aromatic carbocycles. The van der Waals surface area contributed by atoms with E-state index in [0.29, 0.717) is 30.8 Å². The highest BCUT2D eigenvalue weighted by atomic mass is 16.5. The van der Waals surface area contributed by atoms with Gasteiger partial charge < -0.3 is 19.5 Å². The van der Waals surface area contributed by atoms with E-state index in [1.807, 2.05) is 0 Å². The lowest BCUT2D eigenvalue weighted by atomic mass is 9.61. The predicted octanol–water partition coefficient (Wildman–Crippen LogP) is 2.22. The number of hydrogen-bond acceptors (Lipinski definition) is 4. The van der Waals surface area contributed by atoms with E-state index < -0.39 is 0 Å². The van der Waals surface area contributed by atoms with Gasteiger partial charge in [-0.15, -0.1) is 0 Å². The lowest BCUT2D eigenvalue weighted by Crippen LogP contribution is -2.62. The minimum absolute atomic E-state index is 0.299. The summed E-state index contributed by atoms with van der Waals surface area (Å²) in [5, 5.41) is 3.56.